The lowest BCUT2D eigenvalue weighted by Gasteiger charge is -2.05. The van der Waals surface area contributed by atoms with Crippen LogP contribution in [0.3, 0.4) is 0 Å². The van der Waals surface area contributed by atoms with Crippen molar-refractivity contribution in [2.24, 2.45) is 0 Å². The van der Waals surface area contributed by atoms with E-state index in [-0.39, 0.29) is 0 Å². The number of carbonyl (C=O) groups is 1. The molecule has 15 heavy (non-hydrogen) atoms. The summed E-state index contributed by atoms with van der Waals surface area (Å²) in [5.41, 5.74) is -1.21. The third kappa shape index (κ3) is 2.26. The van der Waals surface area contributed by atoms with Crippen LogP contribution in [0.2, 0.25) is 0 Å². The molecule has 80 valence electrons. The molecule has 0 bridgehead atoms. The van der Waals surface area contributed by atoms with Crippen LogP contribution in [-0.2, 0) is 4.79 Å². The number of nitro benzene ring substituents is 1. The SMILES string of the molecule is O=C(O)[C@@H](O)c1ccc(F)cc1[N+](=O)[O-]. The number of hydrogen-bond donors (Lipinski definition) is 2. The number of halogens is 1. The van der Waals surface area contributed by atoms with Gasteiger partial charge in [-0.1, -0.05) is 0 Å². The number of aliphatic hydroxyl groups is 1. The lowest BCUT2D eigenvalue weighted by atomic mass is 10.1. The second-order valence-corrected chi connectivity index (χ2v) is 2.70. The van der Waals surface area contributed by atoms with E-state index >= 15 is 0 Å². The van der Waals surface area contributed by atoms with Gasteiger partial charge in [-0.3, -0.25) is 10.1 Å². The van der Waals surface area contributed by atoms with Crippen molar-refractivity contribution in [3.8, 4) is 0 Å². The minimum Gasteiger partial charge on any atom is -0.479 e. The van der Waals surface area contributed by atoms with Gasteiger partial charge in [0.25, 0.3) is 5.69 Å². The van der Waals surface area contributed by atoms with Gasteiger partial charge in [0.05, 0.1) is 16.6 Å². The molecule has 0 spiro atoms. The first kappa shape index (κ1) is 11.1. The van der Waals surface area contributed by atoms with Crippen LogP contribution in [0.15, 0.2) is 18.2 Å². The van der Waals surface area contributed by atoms with E-state index in [0.29, 0.717) is 6.07 Å². The second kappa shape index (κ2) is 4.01. The van der Waals surface area contributed by atoms with E-state index in [1.165, 1.54) is 0 Å². The summed E-state index contributed by atoms with van der Waals surface area (Å²) in [5, 5.41) is 28.0. The van der Waals surface area contributed by atoms with E-state index < -0.39 is 34.1 Å². The van der Waals surface area contributed by atoms with Crippen molar-refractivity contribution in [1.29, 1.82) is 0 Å². The Labute approximate surface area is 82.7 Å². The van der Waals surface area contributed by atoms with E-state index in [2.05, 4.69) is 0 Å². The number of benzene rings is 1. The highest BCUT2D eigenvalue weighted by Gasteiger charge is 2.25. The van der Waals surface area contributed by atoms with E-state index in [1.807, 2.05) is 0 Å². The molecule has 0 aliphatic rings. The molecule has 0 saturated carbocycles. The molecular weight excluding hydrogens is 209 g/mol. The van der Waals surface area contributed by atoms with Gasteiger partial charge in [0, 0.05) is 0 Å². The van der Waals surface area contributed by atoms with Crippen molar-refractivity contribution in [2.75, 3.05) is 0 Å². The Kier molecular flexibility index (Phi) is 2.96. The average molecular weight is 215 g/mol. The van der Waals surface area contributed by atoms with Crippen LogP contribution in [-0.4, -0.2) is 21.1 Å². The van der Waals surface area contributed by atoms with Crippen LogP contribution in [0.25, 0.3) is 0 Å². The predicted molar refractivity (Wildman–Crippen MR) is 45.7 cm³/mol. The highest BCUT2D eigenvalue weighted by Crippen LogP contribution is 2.25. The van der Waals surface area contributed by atoms with Gasteiger partial charge in [-0.25, -0.2) is 9.18 Å². The normalized spacial score (nSPS) is 12.1. The first-order valence-electron chi connectivity index (χ1n) is 3.78. The van der Waals surface area contributed by atoms with Crippen LogP contribution < -0.4 is 0 Å². The summed E-state index contributed by atoms with van der Waals surface area (Å²) in [5.74, 6) is -2.51. The zero-order valence-corrected chi connectivity index (χ0v) is 7.25. The average Bonchev–Trinajstić information content (AvgIpc) is 2.16. The van der Waals surface area contributed by atoms with Gasteiger partial charge in [-0.2, -0.15) is 0 Å². The predicted octanol–water partition coefficient (Wildman–Crippen LogP) is 0.852. The summed E-state index contributed by atoms with van der Waals surface area (Å²) >= 11 is 0. The third-order valence-electron chi connectivity index (χ3n) is 1.72. The van der Waals surface area contributed by atoms with Gasteiger partial charge in [0.1, 0.15) is 5.82 Å². The zero-order valence-electron chi connectivity index (χ0n) is 7.25. The van der Waals surface area contributed by atoms with Crippen LogP contribution in [0.1, 0.15) is 11.7 Å². The van der Waals surface area contributed by atoms with Crippen molar-refractivity contribution in [3.63, 3.8) is 0 Å². The van der Waals surface area contributed by atoms with E-state index in [1.54, 1.807) is 0 Å². The Hall–Kier alpha value is -2.02. The molecule has 0 aliphatic heterocycles. The molecule has 6 nitrogen and oxygen atoms in total. The standard InChI is InChI=1S/C8H6FNO5/c9-4-1-2-5(7(11)8(12)13)6(3-4)10(14)15/h1-3,7,11H,(H,12,13)/t7-/m0/s1. The Balaban J connectivity index is 3.28. The number of nitro groups is 1. The van der Waals surface area contributed by atoms with Crippen molar-refractivity contribution >= 4 is 11.7 Å². The smallest absolute Gasteiger partial charge is 0.337 e. The Morgan fingerprint density at radius 1 is 1.53 bits per heavy atom. The molecule has 7 heteroatoms. The van der Waals surface area contributed by atoms with Crippen molar-refractivity contribution in [1.82, 2.24) is 0 Å². The number of rotatable bonds is 3. The fourth-order valence-electron chi connectivity index (χ4n) is 1.04. The first-order valence-corrected chi connectivity index (χ1v) is 3.78. The van der Waals surface area contributed by atoms with Crippen molar-refractivity contribution < 1.29 is 24.3 Å². The van der Waals surface area contributed by atoms with Gasteiger partial charge in [0.15, 0.2) is 6.10 Å². The molecule has 0 aromatic heterocycles. The first-order chi connectivity index (χ1) is 6.93. The largest absolute Gasteiger partial charge is 0.479 e. The van der Waals surface area contributed by atoms with Crippen molar-refractivity contribution in [2.45, 2.75) is 6.10 Å². The summed E-state index contributed by atoms with van der Waals surface area (Å²) in [4.78, 5) is 19.9. The zero-order chi connectivity index (χ0) is 11.6. The Bertz CT molecular complexity index is 419. The number of aliphatic hydroxyl groups excluding tert-OH is 1. The molecule has 1 atom stereocenters. The Morgan fingerprint density at radius 3 is 2.60 bits per heavy atom. The van der Waals surface area contributed by atoms with Gasteiger partial charge < -0.3 is 10.2 Å². The quantitative estimate of drug-likeness (QED) is 0.575. The van der Waals surface area contributed by atoms with E-state index in [4.69, 9.17) is 10.2 Å². The van der Waals surface area contributed by atoms with Crippen LogP contribution in [0.5, 0.6) is 0 Å². The number of hydrogen-bond acceptors (Lipinski definition) is 4. The lowest BCUT2D eigenvalue weighted by Crippen LogP contribution is -2.12. The van der Waals surface area contributed by atoms with Crippen LogP contribution >= 0.6 is 0 Å². The van der Waals surface area contributed by atoms with E-state index in [9.17, 15) is 19.3 Å². The van der Waals surface area contributed by atoms with Gasteiger partial charge >= 0.3 is 5.97 Å². The molecule has 2 N–H and O–H groups in total. The maximum Gasteiger partial charge on any atom is 0.337 e. The summed E-state index contributed by atoms with van der Waals surface area (Å²) in [7, 11) is 0. The maximum atomic E-state index is 12.6. The topological polar surface area (TPSA) is 101 Å². The highest BCUT2D eigenvalue weighted by molar-refractivity contribution is 5.75. The van der Waals surface area contributed by atoms with Gasteiger partial charge in [0.2, 0.25) is 0 Å². The minimum atomic E-state index is -2.04. The molecule has 1 aromatic rings. The number of carboxylic acids is 1. The van der Waals surface area contributed by atoms with Gasteiger partial charge in [-0.15, -0.1) is 0 Å². The maximum absolute atomic E-state index is 12.6. The molecule has 0 heterocycles. The molecule has 1 rings (SSSR count). The summed E-state index contributed by atoms with van der Waals surface area (Å²) in [6, 6.07) is 2.27. The van der Waals surface area contributed by atoms with Crippen molar-refractivity contribution in [3.05, 3.63) is 39.7 Å². The molecule has 0 saturated heterocycles. The lowest BCUT2D eigenvalue weighted by molar-refractivity contribution is -0.386. The minimum absolute atomic E-state index is 0.450. The van der Waals surface area contributed by atoms with Crippen LogP contribution in [0, 0.1) is 15.9 Å². The number of aliphatic carboxylic acids is 1. The molecule has 0 radical (unpaired) electrons. The molecular formula is C8H6FNO5. The molecule has 1 aromatic carbocycles. The highest BCUT2D eigenvalue weighted by atomic mass is 19.1. The van der Waals surface area contributed by atoms with Gasteiger partial charge in [-0.05, 0) is 12.1 Å². The third-order valence-corrected chi connectivity index (χ3v) is 1.72. The summed E-state index contributed by atoms with van der Waals surface area (Å²) in [6.45, 7) is 0. The number of carboxylic acid groups (broad SMARTS) is 1. The molecule has 0 fully saturated rings. The number of nitrogens with zero attached hydrogens (tertiary/aromatic N) is 1. The van der Waals surface area contributed by atoms with Crippen LogP contribution in [0.4, 0.5) is 10.1 Å². The molecule has 0 amide bonds. The second-order valence-electron chi connectivity index (χ2n) is 2.70. The monoisotopic (exact) mass is 215 g/mol. The summed E-state index contributed by atoms with van der Waals surface area (Å²) in [6.07, 6.45) is -2.04. The summed E-state index contributed by atoms with van der Waals surface area (Å²) < 4.78 is 12.6. The fourth-order valence-corrected chi connectivity index (χ4v) is 1.04. The fraction of sp³-hybridized carbons (Fsp3) is 0.125. The Morgan fingerprint density at radius 2 is 2.13 bits per heavy atom. The molecule has 0 unspecified atom stereocenters. The molecule has 0 aliphatic carbocycles. The van der Waals surface area contributed by atoms with E-state index in [0.717, 1.165) is 12.1 Å².